The first-order valence-electron chi connectivity index (χ1n) is 9.94. The summed E-state index contributed by atoms with van der Waals surface area (Å²) < 4.78 is 32.2. The zero-order valence-electron chi connectivity index (χ0n) is 18.3. The van der Waals surface area contributed by atoms with Gasteiger partial charge in [-0.3, -0.25) is 19.2 Å². The lowest BCUT2D eigenvalue weighted by Crippen LogP contribution is -2.38. The van der Waals surface area contributed by atoms with Crippen molar-refractivity contribution in [3.8, 4) is 0 Å². The smallest absolute Gasteiger partial charge is 0.337 e. The monoisotopic (exact) mass is 483 g/mol. The van der Waals surface area contributed by atoms with Crippen molar-refractivity contribution < 1.29 is 27.7 Å². The Kier molecular flexibility index (Phi) is 7.27. The second-order valence-electron chi connectivity index (χ2n) is 7.17. The van der Waals surface area contributed by atoms with Gasteiger partial charge in [-0.25, -0.2) is 13.2 Å². The van der Waals surface area contributed by atoms with Gasteiger partial charge in [0.2, 0.25) is 5.91 Å². The molecule has 10 nitrogen and oxygen atoms in total. The number of benzene rings is 3. The number of nitrogens with one attached hydrogen (secondary N) is 1. The average molecular weight is 484 g/mol. The van der Waals surface area contributed by atoms with Crippen LogP contribution in [0.25, 0.3) is 0 Å². The van der Waals surface area contributed by atoms with E-state index in [-0.39, 0.29) is 21.8 Å². The fraction of sp³-hybridized carbons (Fsp3) is 0.130. The fourth-order valence-electron chi connectivity index (χ4n) is 3.10. The maximum atomic E-state index is 13.3. The van der Waals surface area contributed by atoms with Gasteiger partial charge >= 0.3 is 5.97 Å². The number of sulfonamides is 1. The summed E-state index contributed by atoms with van der Waals surface area (Å²) in [6, 6.07) is 16.9. The number of carbonyl (C=O) groups is 2. The predicted octanol–water partition coefficient (Wildman–Crippen LogP) is 3.52. The van der Waals surface area contributed by atoms with Crippen LogP contribution in [0.5, 0.6) is 0 Å². The van der Waals surface area contributed by atoms with Crippen LogP contribution in [-0.2, 0) is 19.6 Å². The van der Waals surface area contributed by atoms with Crippen molar-refractivity contribution in [1.82, 2.24) is 0 Å². The number of nitrogens with zero attached hydrogens (tertiary/aromatic N) is 2. The number of amides is 1. The lowest BCUT2D eigenvalue weighted by Gasteiger charge is -2.24. The summed E-state index contributed by atoms with van der Waals surface area (Å²) in [6.45, 7) is 1.10. The van der Waals surface area contributed by atoms with Gasteiger partial charge in [-0.2, -0.15) is 0 Å². The van der Waals surface area contributed by atoms with Crippen molar-refractivity contribution in [2.75, 3.05) is 23.3 Å². The normalized spacial score (nSPS) is 10.9. The molecule has 0 bridgehead atoms. The van der Waals surface area contributed by atoms with Gasteiger partial charge in [0.25, 0.3) is 15.7 Å². The van der Waals surface area contributed by atoms with Crippen molar-refractivity contribution in [2.24, 2.45) is 0 Å². The largest absolute Gasteiger partial charge is 0.465 e. The number of aryl methyl sites for hydroxylation is 1. The SMILES string of the molecule is COC(=O)c1ccc(C)c(NC(=O)CN(c2ccc([N+](=O)[O-])cc2)S(=O)(=O)c2ccccc2)c1. The van der Waals surface area contributed by atoms with Crippen molar-refractivity contribution in [3.05, 3.63) is 94.0 Å². The number of hydrogen-bond donors (Lipinski definition) is 1. The molecule has 0 saturated carbocycles. The minimum Gasteiger partial charge on any atom is -0.465 e. The Labute approximate surface area is 196 Å². The topological polar surface area (TPSA) is 136 Å². The van der Waals surface area contributed by atoms with Crippen LogP contribution in [0, 0.1) is 17.0 Å². The Morgan fingerprint density at radius 2 is 1.68 bits per heavy atom. The van der Waals surface area contributed by atoms with E-state index < -0.39 is 33.4 Å². The summed E-state index contributed by atoms with van der Waals surface area (Å²) in [5.74, 6) is -1.27. The van der Waals surface area contributed by atoms with Crippen LogP contribution in [0.15, 0.2) is 77.7 Å². The number of non-ortho nitro benzene ring substituents is 1. The molecule has 3 rings (SSSR count). The molecule has 0 saturated heterocycles. The van der Waals surface area contributed by atoms with E-state index in [1.807, 2.05) is 0 Å². The second-order valence-corrected chi connectivity index (χ2v) is 9.03. The third kappa shape index (κ3) is 5.38. The van der Waals surface area contributed by atoms with Gasteiger partial charge in [-0.1, -0.05) is 24.3 Å². The molecular weight excluding hydrogens is 462 g/mol. The summed E-state index contributed by atoms with van der Waals surface area (Å²) in [5, 5.41) is 13.6. The van der Waals surface area contributed by atoms with Gasteiger partial charge < -0.3 is 10.1 Å². The number of anilines is 2. The van der Waals surface area contributed by atoms with E-state index in [0.717, 1.165) is 16.4 Å². The molecule has 0 aliphatic heterocycles. The first-order chi connectivity index (χ1) is 16.1. The Hall–Kier alpha value is -4.25. The second kappa shape index (κ2) is 10.1. The van der Waals surface area contributed by atoms with E-state index in [1.54, 1.807) is 37.3 Å². The number of rotatable bonds is 8. The first-order valence-corrected chi connectivity index (χ1v) is 11.4. The molecule has 0 atom stereocenters. The molecule has 0 aliphatic rings. The van der Waals surface area contributed by atoms with Crippen molar-refractivity contribution in [3.63, 3.8) is 0 Å². The Balaban J connectivity index is 1.95. The molecule has 11 heteroatoms. The number of nitro benzene ring substituents is 1. The van der Waals surface area contributed by atoms with Gasteiger partial charge in [-0.15, -0.1) is 0 Å². The van der Waals surface area contributed by atoms with Crippen LogP contribution < -0.4 is 9.62 Å². The Morgan fingerprint density at radius 3 is 2.26 bits per heavy atom. The van der Waals surface area contributed by atoms with Crippen molar-refractivity contribution in [2.45, 2.75) is 11.8 Å². The van der Waals surface area contributed by atoms with Crippen LogP contribution in [0.4, 0.5) is 17.1 Å². The van der Waals surface area contributed by atoms with Gasteiger partial charge in [0.15, 0.2) is 0 Å². The van der Waals surface area contributed by atoms with E-state index >= 15 is 0 Å². The number of carbonyl (C=O) groups excluding carboxylic acids is 2. The van der Waals surface area contributed by atoms with Crippen LogP contribution in [0.2, 0.25) is 0 Å². The van der Waals surface area contributed by atoms with E-state index in [2.05, 4.69) is 5.32 Å². The van der Waals surface area contributed by atoms with Crippen molar-refractivity contribution in [1.29, 1.82) is 0 Å². The maximum absolute atomic E-state index is 13.3. The van der Waals surface area contributed by atoms with E-state index in [9.17, 15) is 28.1 Å². The van der Waals surface area contributed by atoms with Crippen LogP contribution in [-0.4, -0.2) is 38.9 Å². The lowest BCUT2D eigenvalue weighted by atomic mass is 10.1. The van der Waals surface area contributed by atoms with Gasteiger partial charge in [-0.05, 0) is 48.9 Å². The molecule has 3 aromatic carbocycles. The maximum Gasteiger partial charge on any atom is 0.337 e. The molecule has 3 aromatic rings. The zero-order chi connectivity index (χ0) is 24.9. The van der Waals surface area contributed by atoms with Crippen molar-refractivity contribution >= 4 is 39.0 Å². The molecule has 0 spiro atoms. The number of nitro groups is 1. The highest BCUT2D eigenvalue weighted by molar-refractivity contribution is 7.92. The lowest BCUT2D eigenvalue weighted by molar-refractivity contribution is -0.384. The standard InChI is InChI=1S/C23H21N3O7S/c1-16-8-9-17(23(28)33-2)14-21(16)24-22(27)15-25(18-10-12-19(13-11-18)26(29)30)34(31,32)20-6-4-3-5-7-20/h3-14H,15H2,1-2H3,(H,24,27). The minimum atomic E-state index is -4.18. The van der Waals surface area contributed by atoms with Crippen LogP contribution in [0.3, 0.4) is 0 Å². The highest BCUT2D eigenvalue weighted by Gasteiger charge is 2.28. The molecule has 0 aliphatic carbocycles. The van der Waals surface area contributed by atoms with E-state index in [4.69, 9.17) is 4.74 Å². The summed E-state index contributed by atoms with van der Waals surface area (Å²) >= 11 is 0. The van der Waals surface area contributed by atoms with E-state index in [1.165, 1.54) is 37.4 Å². The minimum absolute atomic E-state index is 0.0509. The molecular formula is C23H21N3O7S. The van der Waals surface area contributed by atoms with Gasteiger partial charge in [0.1, 0.15) is 6.54 Å². The molecule has 34 heavy (non-hydrogen) atoms. The van der Waals surface area contributed by atoms with Crippen LogP contribution >= 0.6 is 0 Å². The van der Waals surface area contributed by atoms with Gasteiger partial charge in [0, 0.05) is 17.8 Å². The number of ether oxygens (including phenoxy) is 1. The molecule has 0 radical (unpaired) electrons. The number of esters is 1. The fourth-order valence-corrected chi connectivity index (χ4v) is 4.54. The third-order valence-electron chi connectivity index (χ3n) is 4.90. The first kappa shape index (κ1) is 24.4. The molecule has 176 valence electrons. The molecule has 0 unspecified atom stereocenters. The van der Waals surface area contributed by atoms with Gasteiger partial charge in [0.05, 0.1) is 28.2 Å². The summed E-state index contributed by atoms with van der Waals surface area (Å²) in [6.07, 6.45) is 0. The van der Waals surface area contributed by atoms with Crippen LogP contribution in [0.1, 0.15) is 15.9 Å². The quantitative estimate of drug-likeness (QED) is 0.294. The third-order valence-corrected chi connectivity index (χ3v) is 6.69. The molecule has 0 heterocycles. The van der Waals surface area contributed by atoms with E-state index in [0.29, 0.717) is 11.3 Å². The number of hydrogen-bond acceptors (Lipinski definition) is 7. The predicted molar refractivity (Wildman–Crippen MR) is 125 cm³/mol. The highest BCUT2D eigenvalue weighted by Crippen LogP contribution is 2.26. The summed E-state index contributed by atoms with van der Waals surface area (Å²) in [5.41, 5.74) is 1.03. The molecule has 1 amide bonds. The number of methoxy groups -OCH3 is 1. The Morgan fingerprint density at radius 1 is 1.03 bits per heavy atom. The molecule has 1 N–H and O–H groups in total. The average Bonchev–Trinajstić information content (AvgIpc) is 2.84. The highest BCUT2D eigenvalue weighted by atomic mass is 32.2. The Bertz CT molecular complexity index is 1320. The molecule has 0 fully saturated rings. The zero-order valence-corrected chi connectivity index (χ0v) is 19.1. The molecule has 0 aromatic heterocycles. The summed E-state index contributed by atoms with van der Waals surface area (Å²) in [7, 11) is -2.95. The summed E-state index contributed by atoms with van der Waals surface area (Å²) in [4.78, 5) is 35.1.